The molecule has 88 valence electrons. The molecular weight excluding hydrogens is 216 g/mol. The van der Waals surface area contributed by atoms with E-state index in [1.54, 1.807) is 0 Å². The summed E-state index contributed by atoms with van der Waals surface area (Å²) in [5.74, 6) is -1.48. The predicted molar refractivity (Wildman–Crippen MR) is 51.8 cm³/mol. The molecule has 2 rings (SSSR count). The lowest BCUT2D eigenvalue weighted by Crippen LogP contribution is -2.38. The molecule has 2 aliphatic rings. The molecule has 0 radical (unpaired) electrons. The van der Waals surface area contributed by atoms with Crippen LogP contribution >= 0.6 is 0 Å². The van der Waals surface area contributed by atoms with Crippen molar-refractivity contribution in [3.05, 3.63) is 0 Å². The number of aliphatic hydroxyl groups is 1. The van der Waals surface area contributed by atoms with E-state index in [1.165, 1.54) is 4.90 Å². The van der Waals surface area contributed by atoms with Crippen LogP contribution in [-0.4, -0.2) is 58.0 Å². The summed E-state index contributed by atoms with van der Waals surface area (Å²) < 4.78 is 0. The fourth-order valence-corrected chi connectivity index (χ4v) is 1.78. The van der Waals surface area contributed by atoms with Gasteiger partial charge < -0.3 is 20.0 Å². The topological polar surface area (TPSA) is 99.4 Å². The second kappa shape index (κ2) is 4.09. The molecule has 0 aromatic carbocycles. The van der Waals surface area contributed by atoms with Crippen LogP contribution in [0.2, 0.25) is 0 Å². The van der Waals surface area contributed by atoms with Gasteiger partial charge in [-0.05, 0) is 6.42 Å². The number of rotatable bonds is 2. The maximum atomic E-state index is 11.8. The van der Waals surface area contributed by atoms with Crippen LogP contribution in [0.15, 0.2) is 5.16 Å². The first-order chi connectivity index (χ1) is 7.58. The van der Waals surface area contributed by atoms with E-state index >= 15 is 0 Å². The van der Waals surface area contributed by atoms with Gasteiger partial charge in [-0.2, -0.15) is 0 Å². The Bertz CT molecular complexity index is 354. The number of aliphatic carboxylic acids is 1. The minimum Gasteiger partial charge on any atom is -0.477 e. The van der Waals surface area contributed by atoms with Crippen molar-refractivity contribution in [1.82, 2.24) is 4.90 Å². The molecule has 1 fully saturated rings. The molecule has 0 bridgehead atoms. The number of likely N-dealkylation sites (tertiary alicyclic amines) is 1. The lowest BCUT2D eigenvalue weighted by molar-refractivity contribution is -0.141. The van der Waals surface area contributed by atoms with Crippen LogP contribution in [0.1, 0.15) is 12.8 Å². The van der Waals surface area contributed by atoms with Gasteiger partial charge in [0.15, 0.2) is 5.71 Å². The average molecular weight is 228 g/mol. The van der Waals surface area contributed by atoms with Crippen molar-refractivity contribution in [2.45, 2.75) is 25.0 Å². The first kappa shape index (κ1) is 10.9. The average Bonchev–Trinajstić information content (AvgIpc) is 2.84. The van der Waals surface area contributed by atoms with Gasteiger partial charge in [0.2, 0.25) is 6.10 Å². The van der Waals surface area contributed by atoms with E-state index in [0.29, 0.717) is 13.0 Å². The first-order valence-corrected chi connectivity index (χ1v) is 5.00. The van der Waals surface area contributed by atoms with Crippen molar-refractivity contribution in [2.24, 2.45) is 5.16 Å². The highest BCUT2D eigenvalue weighted by Crippen LogP contribution is 2.17. The zero-order chi connectivity index (χ0) is 11.7. The van der Waals surface area contributed by atoms with Gasteiger partial charge in [-0.25, -0.2) is 4.79 Å². The maximum Gasteiger partial charge on any atom is 0.353 e. The van der Waals surface area contributed by atoms with Gasteiger partial charge in [0.05, 0.1) is 6.10 Å². The number of carbonyl (C=O) groups is 2. The SMILES string of the molecule is O=C(O)C1=NOC(C(=O)N2CCC(O)C2)C1. The van der Waals surface area contributed by atoms with Crippen LogP contribution in [0.5, 0.6) is 0 Å². The number of nitrogens with zero attached hydrogens (tertiary/aromatic N) is 2. The predicted octanol–water partition coefficient (Wildman–Crippen LogP) is -1.19. The zero-order valence-corrected chi connectivity index (χ0v) is 8.50. The largest absolute Gasteiger partial charge is 0.477 e. The number of carboxylic acids is 1. The molecule has 2 unspecified atom stereocenters. The van der Waals surface area contributed by atoms with E-state index in [2.05, 4.69) is 5.16 Å². The molecule has 7 heteroatoms. The minimum absolute atomic E-state index is 0.0131. The van der Waals surface area contributed by atoms with E-state index in [1.807, 2.05) is 0 Å². The van der Waals surface area contributed by atoms with Crippen LogP contribution in [0.4, 0.5) is 0 Å². The molecule has 1 amide bonds. The fourth-order valence-electron chi connectivity index (χ4n) is 1.78. The molecule has 0 aromatic rings. The van der Waals surface area contributed by atoms with Crippen molar-refractivity contribution >= 4 is 17.6 Å². The van der Waals surface area contributed by atoms with Gasteiger partial charge in [-0.1, -0.05) is 5.16 Å². The summed E-state index contributed by atoms with van der Waals surface area (Å²) in [5, 5.41) is 21.3. The Hall–Kier alpha value is -1.63. The molecule has 0 aliphatic carbocycles. The molecule has 0 spiro atoms. The molecule has 7 nitrogen and oxygen atoms in total. The summed E-state index contributed by atoms with van der Waals surface area (Å²) in [6.07, 6.45) is -0.812. The summed E-state index contributed by atoms with van der Waals surface area (Å²) in [6, 6.07) is 0. The third kappa shape index (κ3) is 1.99. The highest BCUT2D eigenvalue weighted by Gasteiger charge is 2.36. The van der Waals surface area contributed by atoms with Crippen molar-refractivity contribution in [3.63, 3.8) is 0 Å². The lowest BCUT2D eigenvalue weighted by atomic mass is 10.1. The van der Waals surface area contributed by atoms with Gasteiger partial charge in [0, 0.05) is 19.5 Å². The number of aliphatic hydroxyl groups excluding tert-OH is 1. The summed E-state index contributed by atoms with van der Waals surface area (Å²) in [5.41, 5.74) is -0.141. The lowest BCUT2D eigenvalue weighted by Gasteiger charge is -2.18. The first-order valence-electron chi connectivity index (χ1n) is 5.00. The van der Waals surface area contributed by atoms with E-state index in [9.17, 15) is 14.7 Å². The number of carboxylic acid groups (broad SMARTS) is 1. The summed E-state index contributed by atoms with van der Waals surface area (Å²) in [7, 11) is 0. The Labute approximate surface area is 91.3 Å². The van der Waals surface area contributed by atoms with Crippen LogP contribution in [0.3, 0.4) is 0 Å². The van der Waals surface area contributed by atoms with Gasteiger partial charge in [-0.15, -0.1) is 0 Å². The van der Waals surface area contributed by atoms with Crippen molar-refractivity contribution in [1.29, 1.82) is 0 Å². The molecular formula is C9H12N2O5. The Balaban J connectivity index is 1.91. The highest BCUT2D eigenvalue weighted by atomic mass is 16.6. The number of β-amino-alcohol motifs (C(OH)–C–C–N with tert-alkyl or cyclic N) is 1. The Morgan fingerprint density at radius 3 is 2.75 bits per heavy atom. The number of carbonyl (C=O) groups excluding carboxylic acids is 1. The number of amides is 1. The third-order valence-electron chi connectivity index (χ3n) is 2.67. The van der Waals surface area contributed by atoms with Crippen molar-refractivity contribution in [2.75, 3.05) is 13.1 Å². The standard InChI is InChI=1S/C9H12N2O5/c12-5-1-2-11(4-5)8(13)7-3-6(9(14)15)10-16-7/h5,7,12H,1-4H2,(H,14,15). The van der Waals surface area contributed by atoms with Crippen LogP contribution < -0.4 is 0 Å². The Morgan fingerprint density at radius 2 is 2.25 bits per heavy atom. The number of hydrogen-bond donors (Lipinski definition) is 2. The minimum atomic E-state index is -1.17. The van der Waals surface area contributed by atoms with E-state index in [-0.39, 0.29) is 24.6 Å². The van der Waals surface area contributed by atoms with Crippen LogP contribution in [0, 0.1) is 0 Å². The zero-order valence-electron chi connectivity index (χ0n) is 8.50. The smallest absolute Gasteiger partial charge is 0.353 e. The van der Waals surface area contributed by atoms with Crippen LogP contribution in [0.25, 0.3) is 0 Å². The van der Waals surface area contributed by atoms with Gasteiger partial charge >= 0.3 is 5.97 Å². The normalized spacial score (nSPS) is 28.8. The van der Waals surface area contributed by atoms with Gasteiger partial charge in [-0.3, -0.25) is 4.79 Å². The molecule has 2 aliphatic heterocycles. The third-order valence-corrected chi connectivity index (χ3v) is 2.67. The number of oxime groups is 1. The van der Waals surface area contributed by atoms with Crippen molar-refractivity contribution in [3.8, 4) is 0 Å². The monoisotopic (exact) mass is 228 g/mol. The summed E-state index contributed by atoms with van der Waals surface area (Å²) >= 11 is 0. The molecule has 0 saturated carbocycles. The number of hydrogen-bond acceptors (Lipinski definition) is 5. The molecule has 16 heavy (non-hydrogen) atoms. The molecule has 2 atom stereocenters. The summed E-state index contributed by atoms with van der Waals surface area (Å²) in [4.78, 5) is 28.6. The highest BCUT2D eigenvalue weighted by molar-refractivity contribution is 6.36. The fraction of sp³-hybridized carbons (Fsp3) is 0.667. The van der Waals surface area contributed by atoms with E-state index < -0.39 is 18.2 Å². The maximum absolute atomic E-state index is 11.8. The molecule has 0 aromatic heterocycles. The van der Waals surface area contributed by atoms with Gasteiger partial charge in [0.1, 0.15) is 0 Å². The quantitative estimate of drug-likeness (QED) is 0.619. The molecule has 1 saturated heterocycles. The van der Waals surface area contributed by atoms with Crippen molar-refractivity contribution < 1.29 is 24.6 Å². The second-order valence-electron chi connectivity index (χ2n) is 3.87. The van der Waals surface area contributed by atoms with Gasteiger partial charge in [0.25, 0.3) is 5.91 Å². The summed E-state index contributed by atoms with van der Waals surface area (Å²) in [6.45, 7) is 0.753. The van der Waals surface area contributed by atoms with E-state index in [4.69, 9.17) is 9.94 Å². The Kier molecular flexibility index (Phi) is 2.78. The second-order valence-corrected chi connectivity index (χ2v) is 3.87. The molecule has 2 N–H and O–H groups in total. The van der Waals surface area contributed by atoms with Crippen LogP contribution in [-0.2, 0) is 14.4 Å². The molecule has 2 heterocycles. The Morgan fingerprint density at radius 1 is 1.50 bits per heavy atom. The van der Waals surface area contributed by atoms with E-state index in [0.717, 1.165) is 0 Å².